The lowest BCUT2D eigenvalue weighted by molar-refractivity contribution is -0.114. The van der Waals surface area contributed by atoms with E-state index in [1.807, 2.05) is 30.3 Å². The van der Waals surface area contributed by atoms with Crippen molar-refractivity contribution in [1.82, 2.24) is 4.98 Å². The zero-order valence-corrected chi connectivity index (χ0v) is 16.6. The molecular weight excluding hydrogens is 417 g/mol. The Morgan fingerprint density at radius 1 is 0.931 bits per heavy atom. The van der Waals surface area contributed by atoms with Crippen molar-refractivity contribution in [3.63, 3.8) is 0 Å². The molecule has 0 saturated carbocycles. The molecule has 0 unspecified atom stereocenters. The highest BCUT2D eigenvalue weighted by Gasteiger charge is 2.21. The van der Waals surface area contributed by atoms with Crippen LogP contribution in [0.2, 0.25) is 0 Å². The van der Waals surface area contributed by atoms with Gasteiger partial charge in [0.1, 0.15) is 17.3 Å². The number of anilines is 2. The van der Waals surface area contributed by atoms with Crippen molar-refractivity contribution < 1.29 is 22.4 Å². The number of carbonyl (C=O) groups excluding carboxylic acids is 2. The van der Waals surface area contributed by atoms with Crippen LogP contribution in [0.25, 0.3) is 11.3 Å². The molecule has 7 nitrogen and oxygen atoms in total. The van der Waals surface area contributed by atoms with Crippen LogP contribution in [-0.2, 0) is 19.4 Å². The van der Waals surface area contributed by atoms with Gasteiger partial charge >= 0.3 is 0 Å². The molecule has 2 N–H and O–H groups in total. The Balaban J connectivity index is 1.54. The second kappa shape index (κ2) is 8.93. The number of hydrogen-bond acceptors (Lipinski definition) is 6. The molecule has 0 aliphatic heterocycles. The highest BCUT2D eigenvalue weighted by Crippen LogP contribution is 2.24. The number of nitrogens with zero attached hydrogens (tertiary/aromatic N) is 1. The van der Waals surface area contributed by atoms with Gasteiger partial charge in [-0.3, -0.25) is 9.59 Å². The van der Waals surface area contributed by atoms with Crippen molar-refractivity contribution in [2.45, 2.75) is 0 Å². The van der Waals surface area contributed by atoms with Crippen LogP contribution in [0.15, 0.2) is 60.0 Å². The molecular formula is C19H16FN3O4S2. The van der Waals surface area contributed by atoms with E-state index in [9.17, 15) is 22.4 Å². The normalized spacial score (nSPS) is 11.1. The molecule has 0 radical (unpaired) electrons. The van der Waals surface area contributed by atoms with Gasteiger partial charge in [-0.1, -0.05) is 30.3 Å². The average Bonchev–Trinajstić information content (AvgIpc) is 3.11. The van der Waals surface area contributed by atoms with E-state index < -0.39 is 39.0 Å². The molecule has 0 aliphatic rings. The number of rotatable bonds is 7. The topological polar surface area (TPSA) is 105 Å². The molecule has 0 aliphatic carbocycles. The van der Waals surface area contributed by atoms with Gasteiger partial charge in [0.25, 0.3) is 0 Å². The van der Waals surface area contributed by atoms with Gasteiger partial charge in [0.05, 0.1) is 5.69 Å². The molecule has 3 aromatic rings. The summed E-state index contributed by atoms with van der Waals surface area (Å²) in [5.74, 6) is -3.81. The predicted octanol–water partition coefficient (Wildman–Crippen LogP) is 2.94. The summed E-state index contributed by atoms with van der Waals surface area (Å²) in [6, 6.07) is 14.2. The second-order valence-corrected chi connectivity index (χ2v) is 8.96. The van der Waals surface area contributed by atoms with Gasteiger partial charge in [0.15, 0.2) is 15.0 Å². The van der Waals surface area contributed by atoms with E-state index in [4.69, 9.17) is 0 Å². The molecule has 0 bridgehead atoms. The van der Waals surface area contributed by atoms with Crippen molar-refractivity contribution in [3.05, 3.63) is 65.8 Å². The fourth-order valence-electron chi connectivity index (χ4n) is 2.41. The first-order valence-corrected chi connectivity index (χ1v) is 11.1. The fourth-order valence-corrected chi connectivity index (χ4v) is 4.19. The van der Waals surface area contributed by atoms with Crippen LogP contribution in [0.1, 0.15) is 0 Å². The highest BCUT2D eigenvalue weighted by atomic mass is 32.2. The van der Waals surface area contributed by atoms with Crippen LogP contribution >= 0.6 is 11.3 Å². The van der Waals surface area contributed by atoms with E-state index in [0.29, 0.717) is 5.69 Å². The smallest absolute Gasteiger partial charge is 0.241 e. The van der Waals surface area contributed by atoms with E-state index >= 15 is 0 Å². The third kappa shape index (κ3) is 6.19. The minimum absolute atomic E-state index is 0.257. The van der Waals surface area contributed by atoms with Crippen molar-refractivity contribution >= 4 is 43.8 Å². The summed E-state index contributed by atoms with van der Waals surface area (Å²) < 4.78 is 37.1. The van der Waals surface area contributed by atoms with Gasteiger partial charge in [-0.15, -0.1) is 11.3 Å². The summed E-state index contributed by atoms with van der Waals surface area (Å²) >= 11 is 1.17. The van der Waals surface area contributed by atoms with E-state index in [0.717, 1.165) is 17.7 Å². The Kier molecular flexibility index (Phi) is 6.35. The molecule has 3 rings (SSSR count). The Morgan fingerprint density at radius 3 is 2.21 bits per heavy atom. The number of hydrogen-bond donors (Lipinski definition) is 2. The maximum atomic E-state index is 12.9. The zero-order chi connectivity index (χ0) is 20.9. The van der Waals surface area contributed by atoms with Gasteiger partial charge < -0.3 is 10.6 Å². The molecule has 2 amide bonds. The van der Waals surface area contributed by atoms with E-state index in [-0.39, 0.29) is 10.8 Å². The summed E-state index contributed by atoms with van der Waals surface area (Å²) in [5.41, 5.74) is 1.79. The van der Waals surface area contributed by atoms with Crippen LogP contribution in [-0.4, -0.2) is 36.7 Å². The maximum absolute atomic E-state index is 12.9. The van der Waals surface area contributed by atoms with E-state index in [2.05, 4.69) is 15.6 Å². The largest absolute Gasteiger partial charge is 0.325 e. The van der Waals surface area contributed by atoms with E-state index in [1.54, 1.807) is 5.38 Å². The van der Waals surface area contributed by atoms with Crippen LogP contribution < -0.4 is 10.6 Å². The molecule has 0 saturated heterocycles. The van der Waals surface area contributed by atoms with Crippen molar-refractivity contribution in [1.29, 1.82) is 0 Å². The van der Waals surface area contributed by atoms with Crippen molar-refractivity contribution in [2.24, 2.45) is 0 Å². The highest BCUT2D eigenvalue weighted by molar-refractivity contribution is 7.92. The second-order valence-electron chi connectivity index (χ2n) is 6.04. The Bertz CT molecular complexity index is 1110. The molecule has 1 heterocycles. The van der Waals surface area contributed by atoms with Gasteiger partial charge in [-0.05, 0) is 24.3 Å². The molecule has 10 heteroatoms. The molecule has 150 valence electrons. The molecule has 0 spiro atoms. The van der Waals surface area contributed by atoms with Crippen molar-refractivity contribution in [3.8, 4) is 11.3 Å². The lowest BCUT2D eigenvalue weighted by atomic mass is 10.2. The van der Waals surface area contributed by atoms with Gasteiger partial charge in [0, 0.05) is 16.6 Å². The first-order chi connectivity index (χ1) is 13.8. The zero-order valence-electron chi connectivity index (χ0n) is 15.0. The number of carbonyl (C=O) groups is 2. The molecule has 1 aromatic heterocycles. The SMILES string of the molecule is O=C(CS(=O)(=O)CC(=O)Nc1nc(-c2ccccc2)cs1)Nc1ccc(F)cc1. The Labute approximate surface area is 170 Å². The average molecular weight is 433 g/mol. The van der Waals surface area contributed by atoms with Crippen LogP contribution in [0.3, 0.4) is 0 Å². The van der Waals surface area contributed by atoms with Gasteiger partial charge in [-0.25, -0.2) is 17.8 Å². The van der Waals surface area contributed by atoms with Gasteiger partial charge in [0.2, 0.25) is 11.8 Å². The number of amides is 2. The summed E-state index contributed by atoms with van der Waals surface area (Å²) in [4.78, 5) is 28.2. The van der Waals surface area contributed by atoms with Crippen LogP contribution in [0.4, 0.5) is 15.2 Å². The molecule has 29 heavy (non-hydrogen) atoms. The third-order valence-electron chi connectivity index (χ3n) is 3.65. The number of halogens is 1. The summed E-state index contributed by atoms with van der Waals surface area (Å²) in [6.45, 7) is 0. The quantitative estimate of drug-likeness (QED) is 0.596. The minimum Gasteiger partial charge on any atom is -0.325 e. The number of sulfone groups is 1. The number of nitrogens with one attached hydrogen (secondary N) is 2. The minimum atomic E-state index is -4.00. The van der Waals surface area contributed by atoms with Gasteiger partial charge in [-0.2, -0.15) is 0 Å². The van der Waals surface area contributed by atoms with Crippen molar-refractivity contribution in [2.75, 3.05) is 22.1 Å². The first kappa shape index (κ1) is 20.6. The molecule has 2 aromatic carbocycles. The summed E-state index contributed by atoms with van der Waals surface area (Å²) in [6.07, 6.45) is 0. The van der Waals surface area contributed by atoms with Crippen LogP contribution in [0, 0.1) is 5.82 Å². The Morgan fingerprint density at radius 2 is 1.55 bits per heavy atom. The lowest BCUT2D eigenvalue weighted by Gasteiger charge is -2.06. The molecule has 0 atom stereocenters. The lowest BCUT2D eigenvalue weighted by Crippen LogP contribution is -2.30. The predicted molar refractivity (Wildman–Crippen MR) is 110 cm³/mol. The summed E-state index contributed by atoms with van der Waals surface area (Å²) in [7, 11) is -4.00. The number of benzene rings is 2. The summed E-state index contributed by atoms with van der Waals surface area (Å²) in [5, 5.41) is 6.79. The maximum Gasteiger partial charge on any atom is 0.241 e. The standard InChI is InChI=1S/C19H16FN3O4S2/c20-14-6-8-15(9-7-14)21-17(24)11-29(26,27)12-18(25)23-19-22-16(10-28-19)13-4-2-1-3-5-13/h1-10H,11-12H2,(H,21,24)(H,22,23,25). The fraction of sp³-hybridized carbons (Fsp3) is 0.105. The first-order valence-electron chi connectivity index (χ1n) is 8.37. The van der Waals surface area contributed by atoms with E-state index in [1.165, 1.54) is 23.5 Å². The monoisotopic (exact) mass is 433 g/mol. The third-order valence-corrected chi connectivity index (χ3v) is 5.81. The molecule has 0 fully saturated rings. The number of thiazole rings is 1. The Hall–Kier alpha value is -3.11. The number of aromatic nitrogens is 1. The van der Waals surface area contributed by atoms with Crippen LogP contribution in [0.5, 0.6) is 0 Å².